The first-order valence-electron chi connectivity index (χ1n) is 8.75. The molecule has 2 aromatic rings. The first-order valence-corrected chi connectivity index (χ1v) is 8.75. The van der Waals surface area contributed by atoms with Crippen LogP contribution in [0.3, 0.4) is 0 Å². The van der Waals surface area contributed by atoms with Crippen LogP contribution in [0.4, 0.5) is 10.5 Å². The molecule has 0 fully saturated rings. The lowest BCUT2D eigenvalue weighted by Gasteiger charge is -2.14. The van der Waals surface area contributed by atoms with Crippen LogP contribution >= 0.6 is 0 Å². The van der Waals surface area contributed by atoms with Crippen LogP contribution in [-0.2, 0) is 17.8 Å². The highest BCUT2D eigenvalue weighted by molar-refractivity contribution is 5.84. The summed E-state index contributed by atoms with van der Waals surface area (Å²) in [6.07, 6.45) is -0.488. The van der Waals surface area contributed by atoms with E-state index in [-0.39, 0.29) is 0 Å². The Morgan fingerprint density at radius 2 is 1.74 bits per heavy atom. The van der Waals surface area contributed by atoms with Gasteiger partial charge in [-0.05, 0) is 30.7 Å². The molecule has 27 heavy (non-hydrogen) atoms. The zero-order chi connectivity index (χ0) is 19.5. The Kier molecular flexibility index (Phi) is 7.96. The van der Waals surface area contributed by atoms with Gasteiger partial charge in [0.05, 0.1) is 13.7 Å². The summed E-state index contributed by atoms with van der Waals surface area (Å²) in [6.45, 7) is 3.81. The molecule has 0 radical (unpaired) electrons. The number of carbonyl (C=O) groups excluding carboxylic acids is 1. The first kappa shape index (κ1) is 20.1. The van der Waals surface area contributed by atoms with Gasteiger partial charge >= 0.3 is 6.09 Å². The summed E-state index contributed by atoms with van der Waals surface area (Å²) in [7, 11) is 3.06. The van der Waals surface area contributed by atoms with Crippen molar-refractivity contribution in [3.8, 4) is 5.75 Å². The predicted molar refractivity (Wildman–Crippen MR) is 107 cm³/mol. The third-order valence-corrected chi connectivity index (χ3v) is 3.79. The monoisotopic (exact) mass is 370 g/mol. The number of nitrogens with one attached hydrogen (secondary N) is 3. The van der Waals surface area contributed by atoms with E-state index >= 15 is 0 Å². The number of methoxy groups -OCH3 is 1. The van der Waals surface area contributed by atoms with Gasteiger partial charge in [0.25, 0.3) is 0 Å². The molecule has 0 bridgehead atoms. The molecule has 0 aromatic heterocycles. The largest absolute Gasteiger partial charge is 0.494 e. The van der Waals surface area contributed by atoms with Crippen LogP contribution in [0.25, 0.3) is 0 Å². The minimum absolute atomic E-state index is 0.488. The van der Waals surface area contributed by atoms with Gasteiger partial charge in [-0.2, -0.15) is 0 Å². The van der Waals surface area contributed by atoms with Crippen molar-refractivity contribution in [3.05, 3.63) is 59.7 Å². The number of para-hydroxylation sites is 1. The molecule has 2 rings (SSSR count). The third-order valence-electron chi connectivity index (χ3n) is 3.79. The molecular weight excluding hydrogens is 344 g/mol. The van der Waals surface area contributed by atoms with Gasteiger partial charge in [-0.15, -0.1) is 0 Å². The summed E-state index contributed by atoms with van der Waals surface area (Å²) in [5.74, 6) is 1.56. The summed E-state index contributed by atoms with van der Waals surface area (Å²) >= 11 is 0. The second-order valence-electron chi connectivity index (χ2n) is 5.63. The normalized spacial score (nSPS) is 10.9. The van der Waals surface area contributed by atoms with Gasteiger partial charge in [0.15, 0.2) is 5.96 Å². The number of anilines is 1. The number of hydrogen-bond donors (Lipinski definition) is 3. The van der Waals surface area contributed by atoms with Crippen molar-refractivity contribution >= 4 is 17.7 Å². The molecule has 0 aliphatic rings. The quantitative estimate of drug-likeness (QED) is 0.515. The summed E-state index contributed by atoms with van der Waals surface area (Å²) < 4.78 is 10.2. The number of amides is 1. The molecule has 0 aliphatic heterocycles. The molecule has 0 atom stereocenters. The first-order chi connectivity index (χ1) is 13.2. The van der Waals surface area contributed by atoms with E-state index in [2.05, 4.69) is 25.7 Å². The maximum absolute atomic E-state index is 11.2. The SMILES string of the molecule is CCOc1ccccc1CNC(=NC)NCc1ccc(NC(=O)OC)cc1. The number of carbonyl (C=O) groups is 1. The minimum Gasteiger partial charge on any atom is -0.494 e. The van der Waals surface area contributed by atoms with Gasteiger partial charge in [-0.25, -0.2) is 4.79 Å². The van der Waals surface area contributed by atoms with E-state index in [1.807, 2.05) is 55.5 Å². The van der Waals surface area contributed by atoms with Gasteiger partial charge in [-0.1, -0.05) is 30.3 Å². The molecule has 0 aliphatic carbocycles. The molecule has 3 N–H and O–H groups in total. The summed E-state index contributed by atoms with van der Waals surface area (Å²) in [5.41, 5.74) is 2.81. The number of ether oxygens (including phenoxy) is 2. The van der Waals surface area contributed by atoms with Gasteiger partial charge in [0.1, 0.15) is 5.75 Å². The lowest BCUT2D eigenvalue weighted by atomic mass is 10.2. The van der Waals surface area contributed by atoms with Crippen molar-refractivity contribution in [2.24, 2.45) is 4.99 Å². The highest BCUT2D eigenvalue weighted by Gasteiger charge is 2.05. The van der Waals surface area contributed by atoms with Crippen molar-refractivity contribution in [3.63, 3.8) is 0 Å². The number of aliphatic imine (C=N–C) groups is 1. The minimum atomic E-state index is -0.488. The number of guanidine groups is 1. The second kappa shape index (κ2) is 10.7. The summed E-state index contributed by atoms with van der Waals surface area (Å²) in [6, 6.07) is 15.4. The van der Waals surface area contributed by atoms with Crippen molar-refractivity contribution in [2.75, 3.05) is 26.1 Å². The van der Waals surface area contributed by atoms with E-state index in [4.69, 9.17) is 4.74 Å². The topological polar surface area (TPSA) is 84.0 Å². The Bertz CT molecular complexity index is 760. The van der Waals surface area contributed by atoms with Crippen molar-refractivity contribution < 1.29 is 14.3 Å². The standard InChI is InChI=1S/C20H26N4O3/c1-4-27-18-8-6-5-7-16(18)14-23-19(21-2)22-13-15-9-11-17(12-10-15)24-20(25)26-3/h5-12H,4,13-14H2,1-3H3,(H,24,25)(H2,21,22,23). The number of rotatable bonds is 7. The van der Waals surface area contributed by atoms with Crippen LogP contribution in [0.15, 0.2) is 53.5 Å². The fraction of sp³-hybridized carbons (Fsp3) is 0.300. The molecule has 7 heteroatoms. The van der Waals surface area contributed by atoms with Crippen LogP contribution in [0.2, 0.25) is 0 Å². The summed E-state index contributed by atoms with van der Waals surface area (Å²) in [4.78, 5) is 15.4. The highest BCUT2D eigenvalue weighted by Crippen LogP contribution is 2.17. The van der Waals surface area contributed by atoms with Crippen LogP contribution in [0.1, 0.15) is 18.1 Å². The van der Waals surface area contributed by atoms with Crippen LogP contribution in [0.5, 0.6) is 5.75 Å². The maximum atomic E-state index is 11.2. The fourth-order valence-electron chi connectivity index (χ4n) is 2.41. The number of hydrogen-bond acceptors (Lipinski definition) is 4. The number of nitrogens with zero attached hydrogens (tertiary/aromatic N) is 1. The lowest BCUT2D eigenvalue weighted by molar-refractivity contribution is 0.187. The Labute approximate surface area is 159 Å². The van der Waals surface area contributed by atoms with E-state index in [0.717, 1.165) is 16.9 Å². The Hall–Kier alpha value is -3.22. The van der Waals surface area contributed by atoms with Crippen LogP contribution < -0.4 is 20.7 Å². The Balaban J connectivity index is 1.86. The average Bonchev–Trinajstić information content (AvgIpc) is 2.70. The molecule has 0 heterocycles. The third kappa shape index (κ3) is 6.54. The maximum Gasteiger partial charge on any atom is 0.411 e. The lowest BCUT2D eigenvalue weighted by Crippen LogP contribution is -2.36. The van der Waals surface area contributed by atoms with Gasteiger partial charge in [0, 0.05) is 31.4 Å². The van der Waals surface area contributed by atoms with Gasteiger partial charge in [0.2, 0.25) is 0 Å². The predicted octanol–water partition coefficient (Wildman–Crippen LogP) is 3.13. The van der Waals surface area contributed by atoms with E-state index in [0.29, 0.717) is 31.3 Å². The van der Waals surface area contributed by atoms with E-state index in [9.17, 15) is 4.79 Å². The van der Waals surface area contributed by atoms with E-state index in [1.54, 1.807) is 7.05 Å². The van der Waals surface area contributed by atoms with Gasteiger partial charge in [-0.3, -0.25) is 10.3 Å². The van der Waals surface area contributed by atoms with Crippen molar-refractivity contribution in [1.82, 2.24) is 10.6 Å². The smallest absolute Gasteiger partial charge is 0.411 e. The highest BCUT2D eigenvalue weighted by atomic mass is 16.5. The molecule has 0 saturated heterocycles. The van der Waals surface area contributed by atoms with E-state index in [1.165, 1.54) is 7.11 Å². The molecule has 0 spiro atoms. The zero-order valence-electron chi connectivity index (χ0n) is 15.9. The molecule has 0 saturated carbocycles. The Morgan fingerprint density at radius 3 is 2.41 bits per heavy atom. The molecule has 2 aromatic carbocycles. The van der Waals surface area contributed by atoms with Crippen LogP contribution in [0, 0.1) is 0 Å². The molecule has 7 nitrogen and oxygen atoms in total. The van der Waals surface area contributed by atoms with Gasteiger partial charge < -0.3 is 20.1 Å². The molecule has 144 valence electrons. The summed E-state index contributed by atoms with van der Waals surface area (Å²) in [5, 5.41) is 9.17. The fourth-order valence-corrected chi connectivity index (χ4v) is 2.41. The average molecular weight is 370 g/mol. The van der Waals surface area contributed by atoms with E-state index < -0.39 is 6.09 Å². The Morgan fingerprint density at radius 1 is 1.04 bits per heavy atom. The second-order valence-corrected chi connectivity index (χ2v) is 5.63. The van der Waals surface area contributed by atoms with Crippen molar-refractivity contribution in [2.45, 2.75) is 20.0 Å². The molecule has 1 amide bonds. The molecular formula is C20H26N4O3. The number of benzene rings is 2. The zero-order valence-corrected chi connectivity index (χ0v) is 15.9. The van der Waals surface area contributed by atoms with Crippen LogP contribution in [-0.4, -0.2) is 32.8 Å². The van der Waals surface area contributed by atoms with Crippen molar-refractivity contribution in [1.29, 1.82) is 0 Å². The molecule has 0 unspecified atom stereocenters.